The monoisotopic (exact) mass is 284 g/mol. The molecule has 0 aromatic rings. The molecule has 1 aliphatic rings. The lowest BCUT2D eigenvalue weighted by Crippen LogP contribution is -2.52. The predicted molar refractivity (Wildman–Crippen MR) is 78.3 cm³/mol. The number of aliphatic carboxylic acids is 1. The van der Waals surface area contributed by atoms with E-state index in [4.69, 9.17) is 10.8 Å². The van der Waals surface area contributed by atoms with Crippen molar-refractivity contribution in [3.63, 3.8) is 0 Å². The first kappa shape index (κ1) is 17.0. The van der Waals surface area contributed by atoms with Crippen LogP contribution in [0.15, 0.2) is 0 Å². The van der Waals surface area contributed by atoms with Gasteiger partial charge in [0.1, 0.15) is 0 Å². The molecule has 5 nitrogen and oxygen atoms in total. The molecule has 0 bridgehead atoms. The number of carbonyl (C=O) groups is 2. The van der Waals surface area contributed by atoms with E-state index in [0.717, 1.165) is 25.7 Å². The van der Waals surface area contributed by atoms with E-state index in [1.807, 2.05) is 20.8 Å². The molecule has 0 atom stereocenters. The molecule has 20 heavy (non-hydrogen) atoms. The second-order valence-electron chi connectivity index (χ2n) is 6.96. The Kier molecular flexibility index (Phi) is 5.57. The van der Waals surface area contributed by atoms with Crippen LogP contribution in [0.3, 0.4) is 0 Å². The van der Waals surface area contributed by atoms with Crippen LogP contribution in [0, 0.1) is 0 Å². The maximum absolute atomic E-state index is 12.5. The van der Waals surface area contributed by atoms with Crippen molar-refractivity contribution in [2.24, 2.45) is 5.73 Å². The molecule has 0 aromatic carbocycles. The van der Waals surface area contributed by atoms with Crippen LogP contribution in [0.2, 0.25) is 0 Å². The number of amides is 1. The van der Waals surface area contributed by atoms with Crippen molar-refractivity contribution >= 4 is 11.9 Å². The van der Waals surface area contributed by atoms with Crippen molar-refractivity contribution in [1.82, 2.24) is 4.90 Å². The van der Waals surface area contributed by atoms with Crippen molar-refractivity contribution in [1.29, 1.82) is 0 Å². The minimum absolute atomic E-state index is 0.0249. The lowest BCUT2D eigenvalue weighted by atomic mass is 9.79. The number of nitrogens with zero attached hydrogens (tertiary/aromatic N) is 1. The van der Waals surface area contributed by atoms with E-state index in [-0.39, 0.29) is 24.4 Å². The molecule has 0 radical (unpaired) electrons. The van der Waals surface area contributed by atoms with E-state index in [1.54, 1.807) is 4.90 Å². The molecule has 1 fully saturated rings. The molecular formula is C15H28N2O3. The highest BCUT2D eigenvalue weighted by molar-refractivity contribution is 5.79. The van der Waals surface area contributed by atoms with Gasteiger partial charge in [-0.25, -0.2) is 0 Å². The molecule has 116 valence electrons. The standard InChI is InChI=1S/C15H28N2O3/c1-14(2,3)17(10-7-13(19)20)12(18)11-15(16)8-5-4-6-9-15/h4-11,16H2,1-3H3,(H,19,20). The van der Waals surface area contributed by atoms with Gasteiger partial charge in [0, 0.05) is 24.0 Å². The quantitative estimate of drug-likeness (QED) is 0.810. The van der Waals surface area contributed by atoms with Crippen LogP contribution in [-0.2, 0) is 9.59 Å². The molecule has 1 saturated carbocycles. The average molecular weight is 284 g/mol. The zero-order valence-corrected chi connectivity index (χ0v) is 12.9. The molecule has 1 aliphatic carbocycles. The van der Waals surface area contributed by atoms with E-state index in [0.29, 0.717) is 6.42 Å². The Hall–Kier alpha value is -1.10. The van der Waals surface area contributed by atoms with Gasteiger partial charge in [0.2, 0.25) is 5.91 Å². The minimum Gasteiger partial charge on any atom is -0.481 e. The summed E-state index contributed by atoms with van der Waals surface area (Å²) in [6.07, 6.45) is 5.41. The number of hydrogen-bond donors (Lipinski definition) is 2. The summed E-state index contributed by atoms with van der Waals surface area (Å²) in [7, 11) is 0. The third kappa shape index (κ3) is 5.12. The molecular weight excluding hydrogens is 256 g/mol. The van der Waals surface area contributed by atoms with Crippen LogP contribution in [0.1, 0.15) is 65.7 Å². The first-order chi connectivity index (χ1) is 9.14. The molecule has 0 unspecified atom stereocenters. The van der Waals surface area contributed by atoms with Gasteiger partial charge < -0.3 is 15.7 Å². The highest BCUT2D eigenvalue weighted by Crippen LogP contribution is 2.30. The van der Waals surface area contributed by atoms with Crippen LogP contribution in [-0.4, -0.2) is 39.5 Å². The van der Waals surface area contributed by atoms with Gasteiger partial charge >= 0.3 is 5.97 Å². The van der Waals surface area contributed by atoms with Crippen molar-refractivity contribution in [3.05, 3.63) is 0 Å². The molecule has 0 aromatic heterocycles. The van der Waals surface area contributed by atoms with Gasteiger partial charge in [0.05, 0.1) is 6.42 Å². The minimum atomic E-state index is -0.882. The van der Waals surface area contributed by atoms with Crippen LogP contribution in [0.4, 0.5) is 0 Å². The molecule has 5 heteroatoms. The first-order valence-corrected chi connectivity index (χ1v) is 7.45. The summed E-state index contributed by atoms with van der Waals surface area (Å²) in [5, 5.41) is 8.82. The Morgan fingerprint density at radius 3 is 2.20 bits per heavy atom. The number of carboxylic acids is 1. The number of carbonyl (C=O) groups excluding carboxylic acids is 1. The van der Waals surface area contributed by atoms with Gasteiger partial charge in [-0.05, 0) is 33.6 Å². The zero-order chi connectivity index (χ0) is 15.4. The normalized spacial score (nSPS) is 18.6. The molecule has 0 spiro atoms. The summed E-state index contributed by atoms with van der Waals surface area (Å²) in [4.78, 5) is 24.9. The van der Waals surface area contributed by atoms with E-state index in [1.165, 1.54) is 6.42 Å². The summed E-state index contributed by atoms with van der Waals surface area (Å²) in [5.74, 6) is -0.907. The van der Waals surface area contributed by atoms with Crippen molar-refractivity contribution in [3.8, 4) is 0 Å². The van der Waals surface area contributed by atoms with Gasteiger partial charge in [-0.15, -0.1) is 0 Å². The maximum atomic E-state index is 12.5. The van der Waals surface area contributed by atoms with E-state index in [9.17, 15) is 9.59 Å². The largest absolute Gasteiger partial charge is 0.481 e. The second kappa shape index (κ2) is 6.57. The SMILES string of the molecule is CC(C)(C)N(CCC(=O)O)C(=O)CC1(N)CCCCC1. The van der Waals surface area contributed by atoms with Gasteiger partial charge in [-0.3, -0.25) is 9.59 Å². The summed E-state index contributed by atoms with van der Waals surface area (Å²) in [5.41, 5.74) is 5.56. The Morgan fingerprint density at radius 1 is 1.20 bits per heavy atom. The third-order valence-corrected chi connectivity index (χ3v) is 4.01. The summed E-state index contributed by atoms with van der Waals surface area (Å²) < 4.78 is 0. The molecule has 0 aliphatic heterocycles. The molecule has 1 rings (SSSR count). The number of nitrogens with two attached hydrogens (primary N) is 1. The Labute approximate surface area is 121 Å². The summed E-state index contributed by atoms with van der Waals surface area (Å²) in [6, 6.07) is 0. The average Bonchev–Trinajstić information content (AvgIpc) is 2.26. The van der Waals surface area contributed by atoms with E-state index in [2.05, 4.69) is 0 Å². The van der Waals surface area contributed by atoms with Gasteiger partial charge in [0.15, 0.2) is 0 Å². The van der Waals surface area contributed by atoms with Crippen molar-refractivity contribution in [2.75, 3.05) is 6.54 Å². The second-order valence-corrected chi connectivity index (χ2v) is 6.96. The molecule has 0 heterocycles. The first-order valence-electron chi connectivity index (χ1n) is 7.45. The van der Waals surface area contributed by atoms with Crippen molar-refractivity contribution < 1.29 is 14.7 Å². The van der Waals surface area contributed by atoms with Gasteiger partial charge in [0.25, 0.3) is 0 Å². The smallest absolute Gasteiger partial charge is 0.305 e. The molecule has 0 saturated heterocycles. The summed E-state index contributed by atoms with van der Waals surface area (Å²) in [6.45, 7) is 6.03. The number of rotatable bonds is 5. The predicted octanol–water partition coefficient (Wildman–Crippen LogP) is 2.14. The lowest BCUT2D eigenvalue weighted by molar-refractivity contribution is -0.141. The third-order valence-electron chi connectivity index (χ3n) is 4.01. The molecule has 3 N–H and O–H groups in total. The number of hydrogen-bond acceptors (Lipinski definition) is 3. The maximum Gasteiger partial charge on any atom is 0.305 e. The highest BCUT2D eigenvalue weighted by Gasteiger charge is 2.34. The van der Waals surface area contributed by atoms with E-state index >= 15 is 0 Å². The van der Waals surface area contributed by atoms with Crippen molar-refractivity contribution in [2.45, 2.75) is 76.8 Å². The lowest BCUT2D eigenvalue weighted by Gasteiger charge is -2.39. The van der Waals surface area contributed by atoms with E-state index < -0.39 is 11.5 Å². The Bertz CT molecular complexity index is 355. The Morgan fingerprint density at radius 2 is 1.75 bits per heavy atom. The van der Waals surface area contributed by atoms with Crippen LogP contribution in [0.5, 0.6) is 0 Å². The van der Waals surface area contributed by atoms with Gasteiger partial charge in [-0.1, -0.05) is 19.3 Å². The summed E-state index contributed by atoms with van der Waals surface area (Å²) >= 11 is 0. The van der Waals surface area contributed by atoms with Crippen LogP contribution < -0.4 is 5.73 Å². The fourth-order valence-corrected chi connectivity index (χ4v) is 2.87. The topological polar surface area (TPSA) is 83.6 Å². The van der Waals surface area contributed by atoms with Crippen LogP contribution in [0.25, 0.3) is 0 Å². The Balaban J connectivity index is 2.69. The van der Waals surface area contributed by atoms with Gasteiger partial charge in [-0.2, -0.15) is 0 Å². The number of carboxylic acid groups (broad SMARTS) is 1. The molecule has 1 amide bonds. The van der Waals surface area contributed by atoms with Crippen LogP contribution >= 0.6 is 0 Å². The highest BCUT2D eigenvalue weighted by atomic mass is 16.4. The fourth-order valence-electron chi connectivity index (χ4n) is 2.87. The fraction of sp³-hybridized carbons (Fsp3) is 0.867. The zero-order valence-electron chi connectivity index (χ0n) is 12.9.